The zero-order valence-electron chi connectivity index (χ0n) is 11.7. The van der Waals surface area contributed by atoms with Crippen LogP contribution in [0.5, 0.6) is 0 Å². The van der Waals surface area contributed by atoms with E-state index in [-0.39, 0.29) is 11.3 Å². The van der Waals surface area contributed by atoms with Gasteiger partial charge in [-0.05, 0) is 6.07 Å². The number of aliphatic hydroxyl groups is 2. The average molecular weight is 348 g/mol. The minimum atomic E-state index is -4.84. The largest absolute Gasteiger partial charge is 0.545 e. The smallest absolute Gasteiger partial charge is 0.469 e. The molecule has 11 heteroatoms. The van der Waals surface area contributed by atoms with E-state index in [1.54, 1.807) is 0 Å². The number of carbonyl (C=O) groups is 2. The molecule has 0 amide bonds. The number of hydrogen-bond donors (Lipinski definition) is 5. The molecule has 1 rings (SSSR count). The van der Waals surface area contributed by atoms with Gasteiger partial charge in [-0.2, -0.15) is 0 Å². The highest BCUT2D eigenvalue weighted by molar-refractivity contribution is 7.46. The first-order chi connectivity index (χ1) is 10.6. The number of aromatic carboxylic acids is 1. The summed E-state index contributed by atoms with van der Waals surface area (Å²) in [5.41, 5.74) is -0.117. The second-order valence-corrected chi connectivity index (χ2v) is 5.69. The second-order valence-electron chi connectivity index (χ2n) is 4.45. The van der Waals surface area contributed by atoms with Crippen molar-refractivity contribution in [1.82, 2.24) is 0 Å². The van der Waals surface area contributed by atoms with Gasteiger partial charge in [0.25, 0.3) is 0 Å². The summed E-state index contributed by atoms with van der Waals surface area (Å²) in [6.45, 7) is -1.48. The van der Waals surface area contributed by atoms with Gasteiger partial charge in [-0.1, -0.05) is 18.2 Å². The third kappa shape index (κ3) is 6.45. The van der Waals surface area contributed by atoms with E-state index in [9.17, 15) is 29.5 Å². The van der Waals surface area contributed by atoms with Gasteiger partial charge in [-0.25, -0.2) is 4.57 Å². The Labute approximate surface area is 130 Å². The molecule has 0 fully saturated rings. The van der Waals surface area contributed by atoms with E-state index >= 15 is 0 Å². The number of ketones is 1. The third-order valence-electron chi connectivity index (χ3n) is 2.71. The summed E-state index contributed by atoms with van der Waals surface area (Å²) in [6.07, 6.45) is -3.82. The molecule has 5 N–H and O–H groups in total. The minimum Gasteiger partial charge on any atom is -0.545 e. The van der Waals surface area contributed by atoms with Crippen molar-refractivity contribution < 1.29 is 43.8 Å². The van der Waals surface area contributed by atoms with Crippen LogP contribution in [0, 0.1) is 0 Å². The molecule has 23 heavy (non-hydrogen) atoms. The molecule has 0 spiro atoms. The molecule has 0 unspecified atom stereocenters. The number of carboxylic acid groups (broad SMARTS) is 1. The van der Waals surface area contributed by atoms with Crippen molar-refractivity contribution in [2.24, 2.45) is 0 Å². The maximum Gasteiger partial charge on any atom is 0.469 e. The predicted molar refractivity (Wildman–Crippen MR) is 74.3 cm³/mol. The summed E-state index contributed by atoms with van der Waals surface area (Å²) in [4.78, 5) is 39.5. The van der Waals surface area contributed by atoms with E-state index in [4.69, 9.17) is 9.79 Å². The van der Waals surface area contributed by atoms with E-state index in [0.717, 1.165) is 0 Å². The molecule has 10 nitrogen and oxygen atoms in total. The Bertz CT molecular complexity index is 614. The number of Topliss-reactive ketones (excluding diaryl/α,β-unsaturated/α-hetero) is 1. The van der Waals surface area contributed by atoms with E-state index in [1.165, 1.54) is 24.3 Å². The van der Waals surface area contributed by atoms with Crippen molar-refractivity contribution in [3.05, 3.63) is 29.8 Å². The SMILES string of the molecule is O=C([O-])c1ccccc1NCC(=O)[C@H](O)[C@H](O)COP(=O)(O)O. The molecule has 1 aromatic rings. The van der Waals surface area contributed by atoms with Gasteiger partial charge in [0.05, 0.1) is 19.1 Å². The van der Waals surface area contributed by atoms with Crippen molar-refractivity contribution in [3.63, 3.8) is 0 Å². The number of rotatable bonds is 9. The number of aliphatic hydroxyl groups excluding tert-OH is 2. The summed E-state index contributed by atoms with van der Waals surface area (Å²) in [5.74, 6) is -2.39. The summed E-state index contributed by atoms with van der Waals surface area (Å²) in [6, 6.07) is 5.59. The monoisotopic (exact) mass is 348 g/mol. The van der Waals surface area contributed by atoms with Crippen LogP contribution in [0.3, 0.4) is 0 Å². The zero-order valence-corrected chi connectivity index (χ0v) is 12.6. The molecule has 0 aliphatic carbocycles. The normalized spacial score (nSPS) is 14.1. The second kappa shape index (κ2) is 8.16. The molecule has 0 aliphatic heterocycles. The van der Waals surface area contributed by atoms with Crippen LogP contribution in [0.1, 0.15) is 10.4 Å². The Kier molecular flexibility index (Phi) is 6.82. The number of carboxylic acids is 1. The van der Waals surface area contributed by atoms with Crippen LogP contribution >= 0.6 is 7.82 Å². The standard InChI is InChI=1S/C12H16NO9P/c14-9(11(16)10(15)6-22-23(19,20)21)5-13-8-4-2-1-3-7(8)12(17)18/h1-4,10-11,13,15-16H,5-6H2,(H,17,18)(H2,19,20,21)/p-1/t10-,11+/m1/s1. The molecule has 0 aliphatic rings. The Morgan fingerprint density at radius 1 is 1.26 bits per heavy atom. The van der Waals surface area contributed by atoms with Gasteiger partial charge in [-0.15, -0.1) is 0 Å². The molecular formula is C12H15NO9P-. The average Bonchev–Trinajstić information content (AvgIpc) is 2.48. The maximum absolute atomic E-state index is 11.7. The van der Waals surface area contributed by atoms with Gasteiger partial charge >= 0.3 is 7.82 Å². The fraction of sp³-hybridized carbons (Fsp3) is 0.333. The topological polar surface area (TPSA) is 176 Å². The molecule has 0 radical (unpaired) electrons. The number of nitrogens with one attached hydrogen (secondary N) is 1. The zero-order chi connectivity index (χ0) is 17.6. The summed E-state index contributed by atoms with van der Waals surface area (Å²) in [7, 11) is -4.84. The predicted octanol–water partition coefficient (Wildman–Crippen LogP) is -2.14. The first kappa shape index (κ1) is 19.2. The quantitative estimate of drug-likeness (QED) is 0.309. The van der Waals surface area contributed by atoms with Crippen LogP contribution in [0.4, 0.5) is 5.69 Å². The number of phosphoric acid groups is 1. The van der Waals surface area contributed by atoms with Gasteiger partial charge in [-0.3, -0.25) is 9.32 Å². The van der Waals surface area contributed by atoms with Gasteiger partial charge in [0, 0.05) is 11.3 Å². The lowest BCUT2D eigenvalue weighted by Crippen LogP contribution is -2.40. The van der Waals surface area contributed by atoms with Gasteiger partial charge in [0.1, 0.15) is 12.2 Å². The maximum atomic E-state index is 11.7. The number of phosphoric ester groups is 1. The van der Waals surface area contributed by atoms with Crippen LogP contribution in [0.25, 0.3) is 0 Å². The van der Waals surface area contributed by atoms with Gasteiger partial charge in [0.2, 0.25) is 0 Å². The third-order valence-corrected chi connectivity index (χ3v) is 3.19. The highest BCUT2D eigenvalue weighted by Gasteiger charge is 2.27. The van der Waals surface area contributed by atoms with E-state index in [1.807, 2.05) is 0 Å². The molecule has 0 aromatic heterocycles. The first-order valence-electron chi connectivity index (χ1n) is 6.25. The summed E-state index contributed by atoms with van der Waals surface area (Å²) >= 11 is 0. The van der Waals surface area contributed by atoms with E-state index < -0.39 is 44.9 Å². The Morgan fingerprint density at radius 3 is 2.43 bits per heavy atom. The van der Waals surface area contributed by atoms with Crippen molar-refractivity contribution in [3.8, 4) is 0 Å². The molecule has 0 heterocycles. The van der Waals surface area contributed by atoms with Crippen molar-refractivity contribution in [2.75, 3.05) is 18.5 Å². The van der Waals surface area contributed by atoms with Crippen LogP contribution < -0.4 is 10.4 Å². The lowest BCUT2D eigenvalue weighted by molar-refractivity contribution is -0.254. The van der Waals surface area contributed by atoms with Crippen molar-refractivity contribution >= 4 is 25.3 Å². The van der Waals surface area contributed by atoms with Crippen molar-refractivity contribution in [2.45, 2.75) is 12.2 Å². The molecule has 128 valence electrons. The highest BCUT2D eigenvalue weighted by Crippen LogP contribution is 2.35. The van der Waals surface area contributed by atoms with Crippen LogP contribution in [0.2, 0.25) is 0 Å². The molecule has 0 saturated heterocycles. The number of hydrogen-bond acceptors (Lipinski definition) is 8. The fourth-order valence-corrected chi connectivity index (χ4v) is 1.93. The summed E-state index contributed by atoms with van der Waals surface area (Å²) < 4.78 is 14.4. The highest BCUT2D eigenvalue weighted by atomic mass is 31.2. The number of benzene rings is 1. The Balaban J connectivity index is 2.59. The summed E-state index contributed by atoms with van der Waals surface area (Å²) in [5, 5.41) is 32.3. The van der Waals surface area contributed by atoms with E-state index in [0.29, 0.717) is 0 Å². The minimum absolute atomic E-state index is 0.0778. The first-order valence-corrected chi connectivity index (χ1v) is 7.78. The van der Waals surface area contributed by atoms with Crippen LogP contribution in [0.15, 0.2) is 24.3 Å². The molecule has 0 bridgehead atoms. The number of para-hydroxylation sites is 1. The van der Waals surface area contributed by atoms with E-state index in [2.05, 4.69) is 9.84 Å². The lowest BCUT2D eigenvalue weighted by atomic mass is 10.1. The fourth-order valence-electron chi connectivity index (χ4n) is 1.58. The van der Waals surface area contributed by atoms with Crippen molar-refractivity contribution in [1.29, 1.82) is 0 Å². The molecular weight excluding hydrogens is 333 g/mol. The van der Waals surface area contributed by atoms with Crippen LogP contribution in [-0.4, -0.2) is 57.1 Å². The molecule has 0 saturated carbocycles. The van der Waals surface area contributed by atoms with Gasteiger partial charge in [0.15, 0.2) is 5.78 Å². The Morgan fingerprint density at radius 2 is 1.87 bits per heavy atom. The Hall–Kier alpha value is -1.81. The van der Waals surface area contributed by atoms with Crippen LogP contribution in [-0.2, 0) is 13.9 Å². The molecule has 2 atom stereocenters. The number of carbonyl (C=O) groups excluding carboxylic acids is 2. The lowest BCUT2D eigenvalue weighted by Gasteiger charge is -2.18. The van der Waals surface area contributed by atoms with Gasteiger partial charge < -0.3 is 35.2 Å². The number of anilines is 1. The molecule has 1 aromatic carbocycles.